The molecule has 0 amide bonds. The van der Waals surface area contributed by atoms with Gasteiger partial charge in [0.1, 0.15) is 21.3 Å². The van der Waals surface area contributed by atoms with Crippen molar-refractivity contribution in [3.8, 4) is 0 Å². The lowest BCUT2D eigenvalue weighted by atomic mass is 9.80. The lowest BCUT2D eigenvalue weighted by molar-refractivity contribution is 0.426. The predicted octanol–water partition coefficient (Wildman–Crippen LogP) is 5.51. The molecule has 6 nitrogen and oxygen atoms in total. The third-order valence-electron chi connectivity index (χ3n) is 4.12. The molecule has 14 heteroatoms. The highest BCUT2D eigenvalue weighted by molar-refractivity contribution is 9.10. The molecule has 4 rings (SSSR count). The van der Waals surface area contributed by atoms with Crippen molar-refractivity contribution in [3.05, 3.63) is 47.0 Å². The second kappa shape index (κ2) is 9.21. The summed E-state index contributed by atoms with van der Waals surface area (Å²) in [6.07, 6.45) is 0. The van der Waals surface area contributed by atoms with E-state index in [9.17, 15) is 0 Å². The molecule has 0 atom stereocenters. The van der Waals surface area contributed by atoms with Crippen LogP contribution in [0.3, 0.4) is 0 Å². The van der Waals surface area contributed by atoms with Crippen molar-refractivity contribution in [2.45, 2.75) is 0 Å². The summed E-state index contributed by atoms with van der Waals surface area (Å²) in [6.45, 7) is 0. The Morgan fingerprint density at radius 1 is 0.800 bits per heavy atom. The van der Waals surface area contributed by atoms with Crippen LogP contribution in [0.25, 0.3) is 21.8 Å². The van der Waals surface area contributed by atoms with E-state index in [1.165, 1.54) is 15.4 Å². The molecular formula is C16H10BBrCl6N4O2. The van der Waals surface area contributed by atoms with Crippen LogP contribution in [-0.2, 0) is 14.1 Å². The highest BCUT2D eigenvalue weighted by atomic mass is 79.9. The Balaban J connectivity index is 0.000000172. The van der Waals surface area contributed by atoms with Gasteiger partial charge in [0.25, 0.3) is 0 Å². The number of fused-ring (bicyclic) bond motifs is 2. The molecule has 0 saturated heterocycles. The first-order chi connectivity index (χ1) is 14.0. The average molecular weight is 594 g/mol. The number of aromatic nitrogens is 4. The van der Waals surface area contributed by atoms with Crippen LogP contribution < -0.4 is 5.46 Å². The summed E-state index contributed by atoms with van der Waals surface area (Å²) in [6, 6.07) is 3.07. The molecule has 0 saturated carbocycles. The van der Waals surface area contributed by atoms with Crippen molar-refractivity contribution in [1.82, 2.24) is 19.6 Å². The van der Waals surface area contributed by atoms with Gasteiger partial charge in [0.05, 0.1) is 30.9 Å². The normalized spacial score (nSPS) is 11.2. The third-order valence-corrected chi connectivity index (χ3v) is 7.22. The largest absolute Gasteiger partial charge is 0.490 e. The number of benzene rings is 2. The fraction of sp³-hybridized carbons (Fsp3) is 0.125. The fourth-order valence-corrected chi connectivity index (χ4v) is 4.85. The molecule has 0 aliphatic rings. The number of hydrogen-bond donors (Lipinski definition) is 2. The Hall–Kier alpha value is -0.415. The monoisotopic (exact) mass is 590 g/mol. The topological polar surface area (TPSA) is 76.1 Å². The van der Waals surface area contributed by atoms with E-state index in [1.54, 1.807) is 20.2 Å². The third kappa shape index (κ3) is 4.27. The van der Waals surface area contributed by atoms with Gasteiger partial charge in [-0.15, -0.1) is 0 Å². The molecule has 2 N–H and O–H groups in total. The summed E-state index contributed by atoms with van der Waals surface area (Å²) in [7, 11) is 1.68. The van der Waals surface area contributed by atoms with Crippen LogP contribution in [0.1, 0.15) is 0 Å². The van der Waals surface area contributed by atoms with Crippen LogP contribution in [0.5, 0.6) is 0 Å². The molecule has 4 aromatic rings. The molecule has 0 spiro atoms. The van der Waals surface area contributed by atoms with Crippen LogP contribution in [-0.4, -0.2) is 36.7 Å². The molecule has 2 aromatic carbocycles. The maximum absolute atomic E-state index is 9.13. The van der Waals surface area contributed by atoms with Gasteiger partial charge in [-0.1, -0.05) is 69.6 Å². The molecule has 30 heavy (non-hydrogen) atoms. The van der Waals surface area contributed by atoms with Gasteiger partial charge in [-0.2, -0.15) is 10.2 Å². The van der Waals surface area contributed by atoms with Crippen LogP contribution in [0.2, 0.25) is 30.4 Å². The van der Waals surface area contributed by atoms with Gasteiger partial charge in [-0.3, -0.25) is 9.36 Å². The highest BCUT2D eigenvalue weighted by Gasteiger charge is 2.23. The highest BCUT2D eigenvalue weighted by Crippen LogP contribution is 2.39. The zero-order valence-electron chi connectivity index (χ0n) is 15.1. The van der Waals surface area contributed by atoms with E-state index in [0.29, 0.717) is 46.6 Å². The molecule has 0 radical (unpaired) electrons. The quantitative estimate of drug-likeness (QED) is 0.226. The molecule has 2 aromatic heterocycles. The van der Waals surface area contributed by atoms with Gasteiger partial charge < -0.3 is 10.0 Å². The van der Waals surface area contributed by atoms with Gasteiger partial charge in [0, 0.05) is 24.0 Å². The van der Waals surface area contributed by atoms with Crippen molar-refractivity contribution in [3.63, 3.8) is 0 Å². The summed E-state index contributed by atoms with van der Waals surface area (Å²) in [4.78, 5) is 0. The van der Waals surface area contributed by atoms with Crippen LogP contribution in [0.4, 0.5) is 0 Å². The van der Waals surface area contributed by atoms with Gasteiger partial charge in [-0.25, -0.2) is 0 Å². The molecule has 158 valence electrons. The van der Waals surface area contributed by atoms with Crippen molar-refractivity contribution < 1.29 is 10.0 Å². The summed E-state index contributed by atoms with van der Waals surface area (Å²) < 4.78 is 3.67. The van der Waals surface area contributed by atoms with Crippen molar-refractivity contribution in [2.24, 2.45) is 14.1 Å². The summed E-state index contributed by atoms with van der Waals surface area (Å²) >= 11 is 39.3. The maximum atomic E-state index is 9.13. The van der Waals surface area contributed by atoms with E-state index in [4.69, 9.17) is 79.7 Å². The number of nitrogens with zero attached hydrogens (tertiary/aromatic N) is 4. The summed E-state index contributed by atoms with van der Waals surface area (Å²) in [5, 5.41) is 29.8. The fourth-order valence-electron chi connectivity index (χ4n) is 2.69. The van der Waals surface area contributed by atoms with Crippen molar-refractivity contribution in [1.29, 1.82) is 0 Å². The first-order valence-electron chi connectivity index (χ1n) is 7.97. The van der Waals surface area contributed by atoms with Crippen molar-refractivity contribution >= 4 is 120 Å². The molecular weight excluding hydrogens is 584 g/mol. The van der Waals surface area contributed by atoms with E-state index in [-0.39, 0.29) is 15.5 Å². The second-order valence-electron chi connectivity index (χ2n) is 6.07. The number of halogens is 7. The van der Waals surface area contributed by atoms with Crippen molar-refractivity contribution in [2.75, 3.05) is 0 Å². The van der Waals surface area contributed by atoms with E-state index in [2.05, 4.69) is 26.1 Å². The number of rotatable bonds is 1. The Bertz CT molecular complexity index is 1290. The number of aryl methyl sites for hydroxylation is 2. The van der Waals surface area contributed by atoms with E-state index in [1.807, 2.05) is 0 Å². The van der Waals surface area contributed by atoms with E-state index < -0.39 is 7.12 Å². The van der Waals surface area contributed by atoms with Gasteiger partial charge in [0.2, 0.25) is 0 Å². The Morgan fingerprint density at radius 3 is 1.70 bits per heavy atom. The first-order valence-corrected chi connectivity index (χ1v) is 11.0. The molecule has 0 fully saturated rings. The zero-order valence-corrected chi connectivity index (χ0v) is 21.2. The van der Waals surface area contributed by atoms with Crippen LogP contribution >= 0.6 is 85.5 Å². The molecule has 0 aliphatic carbocycles. The predicted molar refractivity (Wildman–Crippen MR) is 129 cm³/mol. The smallest absolute Gasteiger partial charge is 0.423 e. The lowest BCUT2D eigenvalue weighted by Gasteiger charge is -2.05. The first kappa shape index (κ1) is 24.2. The molecule has 0 unspecified atom stereocenters. The van der Waals surface area contributed by atoms with Gasteiger partial charge >= 0.3 is 7.12 Å². The average Bonchev–Trinajstić information content (AvgIpc) is 3.14. The Labute approximate surface area is 209 Å². The SMILES string of the molecule is Cn1nc2c(Cl)cc(B(O)O)c(Cl)c2c1Cl.Cn1nc2c(Cl)cc(Br)c(Cl)c2c1Cl. The van der Waals surface area contributed by atoms with Gasteiger partial charge in [0.15, 0.2) is 0 Å². The van der Waals surface area contributed by atoms with Crippen LogP contribution in [0, 0.1) is 0 Å². The second-order valence-corrected chi connectivity index (χ2v) is 9.21. The van der Waals surface area contributed by atoms with E-state index in [0.717, 1.165) is 0 Å². The minimum Gasteiger partial charge on any atom is -0.423 e. The molecule has 0 bridgehead atoms. The Morgan fingerprint density at radius 2 is 1.23 bits per heavy atom. The molecule has 0 aliphatic heterocycles. The Kier molecular flexibility index (Phi) is 7.44. The number of hydrogen-bond acceptors (Lipinski definition) is 4. The summed E-state index contributed by atoms with van der Waals surface area (Å²) in [5.74, 6) is 0. The van der Waals surface area contributed by atoms with Gasteiger partial charge in [-0.05, 0) is 28.1 Å². The standard InChI is InChI=1S/C8H6BCl3N2O2.C8H4BrCl3N2/c1-14-8(12)5-6(11)3(9(15)16)2-4(10)7(5)13-14;1-14-8(12)5-6(11)3(9)2-4(10)7(5)13-14/h2,15-16H,1H3;2H,1H3. The van der Waals surface area contributed by atoms with Crippen LogP contribution in [0.15, 0.2) is 16.6 Å². The maximum Gasteiger partial charge on any atom is 0.490 e. The summed E-state index contributed by atoms with van der Waals surface area (Å²) in [5.41, 5.74) is 1.16. The molecule has 2 heterocycles. The lowest BCUT2D eigenvalue weighted by Crippen LogP contribution is -2.30. The minimum absolute atomic E-state index is 0.106. The zero-order chi connectivity index (χ0) is 22.5. The minimum atomic E-state index is -1.70. The van der Waals surface area contributed by atoms with E-state index >= 15 is 0 Å².